The summed E-state index contributed by atoms with van der Waals surface area (Å²) in [6.45, 7) is 3.70. The zero-order valence-electron chi connectivity index (χ0n) is 27.3. The Kier molecular flexibility index (Phi) is 7.10. The number of carbonyl (C=O) groups is 2. The molecule has 9 rings (SSSR count). The maximum absolute atomic E-state index is 14.0. The molecule has 2 aliphatic carbocycles. The Bertz CT molecular complexity index is 2150. The number of anilines is 1. The van der Waals surface area contributed by atoms with Crippen molar-refractivity contribution in [3.63, 3.8) is 0 Å². The first-order valence-electron chi connectivity index (χ1n) is 17.1. The number of ether oxygens (including phenoxy) is 1. The van der Waals surface area contributed by atoms with Gasteiger partial charge in [0.1, 0.15) is 17.1 Å². The Morgan fingerprint density at radius 3 is 2.49 bits per heavy atom. The van der Waals surface area contributed by atoms with Crippen LogP contribution in [-0.4, -0.2) is 79.6 Å². The fourth-order valence-electron chi connectivity index (χ4n) is 8.27. The molecule has 12 nitrogen and oxygen atoms in total. The highest BCUT2D eigenvalue weighted by Crippen LogP contribution is 2.41. The lowest BCUT2D eigenvalue weighted by Crippen LogP contribution is -2.49. The first-order valence-corrected chi connectivity index (χ1v) is 17.4. The van der Waals surface area contributed by atoms with Gasteiger partial charge in [-0.25, -0.2) is 15.0 Å². The van der Waals surface area contributed by atoms with Crippen LogP contribution in [0.4, 0.5) is 5.82 Å². The molecule has 2 saturated heterocycles. The van der Waals surface area contributed by atoms with Crippen molar-refractivity contribution in [3.8, 4) is 17.3 Å². The molecule has 4 aliphatic rings. The van der Waals surface area contributed by atoms with E-state index in [1.165, 1.54) is 12.8 Å². The lowest BCUT2D eigenvalue weighted by Gasteiger charge is -2.40. The Hall–Kier alpha value is -4.68. The fourth-order valence-corrected chi connectivity index (χ4v) is 8.44. The summed E-state index contributed by atoms with van der Waals surface area (Å²) in [5, 5.41) is 1.80. The third kappa shape index (κ3) is 5.11. The molecule has 2 aliphatic heterocycles. The predicted molar refractivity (Wildman–Crippen MR) is 187 cm³/mol. The largest absolute Gasteiger partial charge is 0.494 e. The predicted octanol–water partition coefficient (Wildman–Crippen LogP) is 4.32. The number of hydrogen-bond acceptors (Lipinski definition) is 8. The Morgan fingerprint density at radius 2 is 1.78 bits per heavy atom. The summed E-state index contributed by atoms with van der Waals surface area (Å²) in [6.07, 6.45) is 6.00. The van der Waals surface area contributed by atoms with Crippen molar-refractivity contribution in [1.82, 2.24) is 29.0 Å². The van der Waals surface area contributed by atoms with Crippen molar-refractivity contribution in [1.29, 1.82) is 0 Å². The van der Waals surface area contributed by atoms with Crippen LogP contribution in [0, 0.1) is 17.8 Å². The number of hydrogen-bond donors (Lipinski definition) is 2. The summed E-state index contributed by atoms with van der Waals surface area (Å²) >= 11 is 6.52. The molecule has 4 fully saturated rings. The van der Waals surface area contributed by atoms with Gasteiger partial charge in [0.25, 0.3) is 11.8 Å². The average Bonchev–Trinajstić information content (AvgIpc) is 3.46. The second kappa shape index (κ2) is 11.4. The smallest absolute Gasteiger partial charge is 0.286 e. The molecular weight excluding hydrogens is 642 g/mol. The Morgan fingerprint density at radius 1 is 0.959 bits per heavy atom. The van der Waals surface area contributed by atoms with Crippen molar-refractivity contribution in [2.45, 2.75) is 50.9 Å². The van der Waals surface area contributed by atoms with Crippen LogP contribution in [0.1, 0.15) is 46.7 Å². The van der Waals surface area contributed by atoms with Gasteiger partial charge in [-0.3, -0.25) is 9.59 Å². The van der Waals surface area contributed by atoms with E-state index < -0.39 is 5.91 Å². The molecule has 5 heterocycles. The second-order valence-electron chi connectivity index (χ2n) is 14.2. The molecule has 4 N–H and O–H groups in total. The molecule has 0 radical (unpaired) electrons. The highest BCUT2D eigenvalue weighted by Gasteiger charge is 2.47. The number of nitrogens with two attached hydrogens (primary N) is 2. The SMILES string of the molecule is COc1cc(C(=O)N2CC3CCC2[C@@H]3N)cc2nc(-c3cc4ccc(Cl)cc4n3CC3CC3)n(CC3CN(c4ccnc(C(N)=O)n4)C3)c12. The number of amides is 2. The topological polar surface area (TPSA) is 150 Å². The maximum Gasteiger partial charge on any atom is 0.286 e. The van der Waals surface area contributed by atoms with Crippen LogP contribution in [0.2, 0.25) is 5.02 Å². The van der Waals surface area contributed by atoms with E-state index in [1.54, 1.807) is 19.4 Å². The van der Waals surface area contributed by atoms with Crippen LogP contribution in [0.5, 0.6) is 5.75 Å². The monoisotopic (exact) mass is 679 g/mol. The minimum Gasteiger partial charge on any atom is -0.494 e. The van der Waals surface area contributed by atoms with Gasteiger partial charge in [-0.15, -0.1) is 0 Å². The van der Waals surface area contributed by atoms with E-state index in [0.29, 0.717) is 52.6 Å². The van der Waals surface area contributed by atoms with Gasteiger partial charge in [0.15, 0.2) is 5.82 Å². The van der Waals surface area contributed by atoms with Gasteiger partial charge in [-0.05, 0) is 73.9 Å². The lowest BCUT2D eigenvalue weighted by molar-refractivity contribution is 0.0700. The number of fused-ring (bicyclic) bond motifs is 4. The van der Waals surface area contributed by atoms with Gasteiger partial charge in [0.2, 0.25) is 5.82 Å². The summed E-state index contributed by atoms with van der Waals surface area (Å²) < 4.78 is 10.7. The quantitative estimate of drug-likeness (QED) is 0.234. The molecule has 2 bridgehead atoms. The van der Waals surface area contributed by atoms with Gasteiger partial charge in [0, 0.05) is 72.9 Å². The first-order chi connectivity index (χ1) is 23.7. The molecule has 3 aromatic heterocycles. The molecular formula is C36H38ClN9O3. The van der Waals surface area contributed by atoms with Crippen molar-refractivity contribution < 1.29 is 14.3 Å². The van der Waals surface area contributed by atoms with Crippen molar-refractivity contribution in [2.75, 3.05) is 31.6 Å². The van der Waals surface area contributed by atoms with Crippen molar-refractivity contribution in [3.05, 3.63) is 65.1 Å². The van der Waals surface area contributed by atoms with E-state index in [9.17, 15) is 9.59 Å². The van der Waals surface area contributed by atoms with Crippen LogP contribution < -0.4 is 21.1 Å². The van der Waals surface area contributed by atoms with Gasteiger partial charge in [0.05, 0.1) is 23.8 Å². The molecule has 252 valence electrons. The fraction of sp³-hybridized carbons (Fsp3) is 0.417. The standard InChI is InChI=1S/C36H38ClN9O3/c1-49-29-12-23(36(48)45-18-22-5-7-26(45)31(22)38)10-25-32(29)46(17-20-14-43(15-20)30-8-9-40-34(42-30)33(39)47)35(41-25)28-11-21-4-6-24(37)13-27(21)44(28)16-19-2-3-19/h4,6,8-13,19-20,22,26,31H,2-3,5,7,14-18,38H2,1H3,(H2,39,47)/t22?,26?,31-/m1/s1. The summed E-state index contributed by atoms with van der Waals surface area (Å²) in [6, 6.07) is 13.9. The number of nitrogens with zero attached hydrogens (tertiary/aromatic N) is 7. The van der Waals surface area contributed by atoms with Gasteiger partial charge < -0.3 is 35.1 Å². The summed E-state index contributed by atoms with van der Waals surface area (Å²) in [4.78, 5) is 43.4. The number of rotatable bonds is 9. The maximum atomic E-state index is 14.0. The molecule has 2 unspecified atom stereocenters. The number of halogens is 1. The number of aromatic nitrogens is 5. The number of imidazole rings is 1. The number of benzene rings is 2. The van der Waals surface area contributed by atoms with E-state index >= 15 is 0 Å². The Balaban J connectivity index is 1.13. The first kappa shape index (κ1) is 30.4. The molecule has 0 spiro atoms. The Labute approximate surface area is 288 Å². The van der Waals surface area contributed by atoms with E-state index in [2.05, 4.69) is 36.1 Å². The third-order valence-corrected chi connectivity index (χ3v) is 11.2. The number of primary amides is 1. The van der Waals surface area contributed by atoms with E-state index in [1.807, 2.05) is 29.2 Å². The number of carbonyl (C=O) groups excluding carboxylic acids is 2. The summed E-state index contributed by atoms with van der Waals surface area (Å²) in [5.41, 5.74) is 16.1. The average molecular weight is 680 g/mol. The number of piperidine rings is 1. The van der Waals surface area contributed by atoms with Crippen LogP contribution >= 0.6 is 11.6 Å². The molecule has 2 saturated carbocycles. The molecule has 13 heteroatoms. The highest BCUT2D eigenvalue weighted by atomic mass is 35.5. The molecule has 2 aromatic carbocycles. The molecule has 5 aromatic rings. The molecule has 3 atom stereocenters. The number of likely N-dealkylation sites (tertiary alicyclic amines) is 1. The van der Waals surface area contributed by atoms with Crippen LogP contribution in [0.15, 0.2) is 48.7 Å². The molecule has 2 amide bonds. The summed E-state index contributed by atoms with van der Waals surface area (Å²) in [5.74, 6) is 2.67. The van der Waals surface area contributed by atoms with Crippen molar-refractivity contribution >= 4 is 51.2 Å². The normalized spacial score (nSPS) is 22.0. The van der Waals surface area contributed by atoms with E-state index in [-0.39, 0.29) is 29.7 Å². The second-order valence-corrected chi connectivity index (χ2v) is 14.6. The lowest BCUT2D eigenvalue weighted by atomic mass is 9.99. The van der Waals surface area contributed by atoms with E-state index in [4.69, 9.17) is 32.8 Å². The minimum absolute atomic E-state index is 0.00580. The van der Waals surface area contributed by atoms with Crippen LogP contribution in [0.25, 0.3) is 33.5 Å². The van der Waals surface area contributed by atoms with Crippen LogP contribution in [-0.2, 0) is 13.1 Å². The van der Waals surface area contributed by atoms with Gasteiger partial charge >= 0.3 is 0 Å². The van der Waals surface area contributed by atoms with Gasteiger partial charge in [-0.1, -0.05) is 17.7 Å². The molecule has 49 heavy (non-hydrogen) atoms. The zero-order valence-corrected chi connectivity index (χ0v) is 28.0. The zero-order chi connectivity index (χ0) is 33.6. The van der Waals surface area contributed by atoms with Gasteiger partial charge in [-0.2, -0.15) is 0 Å². The number of methoxy groups -OCH3 is 1. The minimum atomic E-state index is -0.652. The van der Waals surface area contributed by atoms with Crippen molar-refractivity contribution in [2.24, 2.45) is 29.2 Å². The third-order valence-electron chi connectivity index (χ3n) is 11.0. The summed E-state index contributed by atoms with van der Waals surface area (Å²) in [7, 11) is 1.65. The van der Waals surface area contributed by atoms with E-state index in [0.717, 1.165) is 60.4 Å². The highest BCUT2D eigenvalue weighted by molar-refractivity contribution is 6.31. The van der Waals surface area contributed by atoms with Crippen LogP contribution in [0.3, 0.4) is 0 Å².